The van der Waals surface area contributed by atoms with Crippen molar-refractivity contribution in [1.82, 2.24) is 0 Å². The molecule has 0 amide bonds. The molecule has 0 unspecified atom stereocenters. The third-order valence-electron chi connectivity index (χ3n) is 1.50. The Morgan fingerprint density at radius 3 is 2.58 bits per heavy atom. The van der Waals surface area contributed by atoms with Gasteiger partial charge < -0.3 is 5.11 Å². The van der Waals surface area contributed by atoms with E-state index in [0.717, 1.165) is 0 Å². The third kappa shape index (κ3) is 1.75. The van der Waals surface area contributed by atoms with Crippen molar-refractivity contribution < 1.29 is 9.50 Å². The molecule has 0 aliphatic rings. The lowest BCUT2D eigenvalue weighted by Gasteiger charge is -2.18. The second-order valence-electron chi connectivity index (χ2n) is 2.75. The molecule has 2 nitrogen and oxygen atoms in total. The van der Waals surface area contributed by atoms with E-state index in [9.17, 15) is 9.50 Å². The van der Waals surface area contributed by atoms with E-state index >= 15 is 0 Å². The first-order chi connectivity index (χ1) is 5.43. The van der Waals surface area contributed by atoms with Gasteiger partial charge in [-0.05, 0) is 13.0 Å². The second kappa shape index (κ2) is 3.01. The summed E-state index contributed by atoms with van der Waals surface area (Å²) in [5.74, 6) is -0.674. The molecule has 0 aliphatic carbocycles. The van der Waals surface area contributed by atoms with Crippen LogP contribution in [0.3, 0.4) is 0 Å². The van der Waals surface area contributed by atoms with Crippen LogP contribution < -0.4 is 5.73 Å². The Morgan fingerprint density at radius 1 is 1.58 bits per heavy atom. The number of halogens is 2. The van der Waals surface area contributed by atoms with Crippen LogP contribution in [0.1, 0.15) is 12.5 Å². The molecule has 1 aromatic rings. The van der Waals surface area contributed by atoms with E-state index in [1.165, 1.54) is 25.1 Å². The molecule has 0 spiro atoms. The standard InChI is InChI=1S/C8H9ClFNO/c1-8(11,12)5-3-2-4-6(9)7(5)10/h2-4,12H,11H2,1H3/t8-/m0/s1. The number of benzene rings is 1. The highest BCUT2D eigenvalue weighted by Crippen LogP contribution is 2.23. The lowest BCUT2D eigenvalue weighted by atomic mass is 10.1. The van der Waals surface area contributed by atoms with Crippen LogP contribution in [0.15, 0.2) is 18.2 Å². The maximum atomic E-state index is 13.1. The van der Waals surface area contributed by atoms with Crippen LogP contribution in [0.25, 0.3) is 0 Å². The summed E-state index contributed by atoms with van der Waals surface area (Å²) in [5.41, 5.74) is 3.59. The van der Waals surface area contributed by atoms with Crippen molar-refractivity contribution in [2.75, 3.05) is 0 Å². The fourth-order valence-corrected chi connectivity index (χ4v) is 1.07. The molecule has 3 N–H and O–H groups in total. The Kier molecular flexibility index (Phi) is 2.37. The van der Waals surface area contributed by atoms with E-state index in [1.807, 2.05) is 0 Å². The highest BCUT2D eigenvalue weighted by atomic mass is 35.5. The van der Waals surface area contributed by atoms with Crippen LogP contribution in [0, 0.1) is 5.82 Å². The molecular formula is C8H9ClFNO. The van der Waals surface area contributed by atoms with Crippen molar-refractivity contribution in [2.24, 2.45) is 5.73 Å². The van der Waals surface area contributed by atoms with Crippen molar-refractivity contribution in [3.63, 3.8) is 0 Å². The molecule has 0 aromatic heterocycles. The molecule has 0 bridgehead atoms. The van der Waals surface area contributed by atoms with Gasteiger partial charge in [0.15, 0.2) is 0 Å². The van der Waals surface area contributed by atoms with E-state index in [-0.39, 0.29) is 10.6 Å². The Labute approximate surface area is 74.8 Å². The quantitative estimate of drug-likeness (QED) is 0.660. The summed E-state index contributed by atoms with van der Waals surface area (Å²) in [6, 6.07) is 4.31. The number of hydrogen-bond donors (Lipinski definition) is 2. The summed E-state index contributed by atoms with van der Waals surface area (Å²) in [6.07, 6.45) is 0. The van der Waals surface area contributed by atoms with Gasteiger partial charge in [-0.3, -0.25) is 5.73 Å². The Morgan fingerprint density at radius 2 is 2.17 bits per heavy atom. The molecule has 0 saturated carbocycles. The highest BCUT2D eigenvalue weighted by molar-refractivity contribution is 6.30. The van der Waals surface area contributed by atoms with E-state index in [2.05, 4.69) is 0 Å². The molecule has 66 valence electrons. The Hall–Kier alpha value is -0.640. The molecule has 4 heteroatoms. The molecule has 0 heterocycles. The lowest BCUT2D eigenvalue weighted by Crippen LogP contribution is -2.33. The summed E-state index contributed by atoms with van der Waals surface area (Å²) < 4.78 is 13.1. The zero-order valence-electron chi connectivity index (χ0n) is 6.51. The van der Waals surface area contributed by atoms with Crippen molar-refractivity contribution >= 4 is 11.6 Å². The summed E-state index contributed by atoms with van der Waals surface area (Å²) in [5, 5.41) is 9.23. The molecule has 12 heavy (non-hydrogen) atoms. The van der Waals surface area contributed by atoms with Gasteiger partial charge in [0, 0.05) is 5.56 Å². The van der Waals surface area contributed by atoms with Crippen molar-refractivity contribution in [3.05, 3.63) is 34.6 Å². The van der Waals surface area contributed by atoms with Gasteiger partial charge >= 0.3 is 0 Å². The van der Waals surface area contributed by atoms with Gasteiger partial charge in [0.1, 0.15) is 11.5 Å². The van der Waals surface area contributed by atoms with Crippen LogP contribution in [0.2, 0.25) is 5.02 Å². The first-order valence-corrected chi connectivity index (χ1v) is 3.76. The largest absolute Gasteiger partial charge is 0.372 e. The summed E-state index contributed by atoms with van der Waals surface area (Å²) in [7, 11) is 0. The monoisotopic (exact) mass is 189 g/mol. The minimum atomic E-state index is -1.69. The van der Waals surface area contributed by atoms with Crippen LogP contribution in [0.4, 0.5) is 4.39 Å². The molecule has 0 radical (unpaired) electrons. The minimum Gasteiger partial charge on any atom is -0.372 e. The van der Waals surface area contributed by atoms with Crippen LogP contribution in [-0.2, 0) is 5.72 Å². The van der Waals surface area contributed by atoms with Gasteiger partial charge in [-0.25, -0.2) is 4.39 Å². The minimum absolute atomic E-state index is 0.00463. The average Bonchev–Trinajstić information content (AvgIpc) is 1.92. The lowest BCUT2D eigenvalue weighted by molar-refractivity contribution is 0.0608. The molecule has 1 rings (SSSR count). The summed E-state index contributed by atoms with van der Waals surface area (Å²) in [4.78, 5) is 0. The van der Waals surface area contributed by atoms with Crippen LogP contribution >= 0.6 is 11.6 Å². The first-order valence-electron chi connectivity index (χ1n) is 3.38. The topological polar surface area (TPSA) is 46.2 Å². The van der Waals surface area contributed by atoms with Gasteiger partial charge in [0.05, 0.1) is 5.02 Å². The predicted octanol–water partition coefficient (Wildman–Crippen LogP) is 1.60. The number of nitrogens with two attached hydrogens (primary N) is 1. The van der Waals surface area contributed by atoms with Crippen LogP contribution in [-0.4, -0.2) is 5.11 Å². The predicted molar refractivity (Wildman–Crippen MR) is 45.2 cm³/mol. The molecule has 0 aliphatic heterocycles. The molecule has 0 saturated heterocycles. The number of aliphatic hydroxyl groups is 1. The fourth-order valence-electron chi connectivity index (χ4n) is 0.895. The Bertz CT molecular complexity index is 296. The van der Waals surface area contributed by atoms with E-state index < -0.39 is 11.5 Å². The van der Waals surface area contributed by atoms with Crippen LogP contribution in [0.5, 0.6) is 0 Å². The molecule has 1 aromatic carbocycles. The van der Waals surface area contributed by atoms with E-state index in [0.29, 0.717) is 0 Å². The maximum Gasteiger partial charge on any atom is 0.149 e. The SMILES string of the molecule is C[C@](N)(O)c1cccc(Cl)c1F. The van der Waals surface area contributed by atoms with E-state index in [1.54, 1.807) is 0 Å². The smallest absolute Gasteiger partial charge is 0.149 e. The van der Waals surface area contributed by atoms with Crippen molar-refractivity contribution in [2.45, 2.75) is 12.6 Å². The molecule has 0 fully saturated rings. The van der Waals surface area contributed by atoms with Gasteiger partial charge in [0.2, 0.25) is 0 Å². The number of rotatable bonds is 1. The Balaban J connectivity index is 3.26. The van der Waals surface area contributed by atoms with Gasteiger partial charge in [-0.1, -0.05) is 23.7 Å². The van der Waals surface area contributed by atoms with Crippen molar-refractivity contribution in [1.29, 1.82) is 0 Å². The normalized spacial score (nSPS) is 15.8. The molecular weight excluding hydrogens is 181 g/mol. The van der Waals surface area contributed by atoms with Gasteiger partial charge in [-0.15, -0.1) is 0 Å². The zero-order chi connectivity index (χ0) is 9.35. The average molecular weight is 190 g/mol. The van der Waals surface area contributed by atoms with E-state index in [4.69, 9.17) is 17.3 Å². The fraction of sp³-hybridized carbons (Fsp3) is 0.250. The third-order valence-corrected chi connectivity index (χ3v) is 1.79. The number of hydrogen-bond acceptors (Lipinski definition) is 2. The second-order valence-corrected chi connectivity index (χ2v) is 3.16. The highest BCUT2D eigenvalue weighted by Gasteiger charge is 2.21. The first kappa shape index (κ1) is 9.45. The van der Waals surface area contributed by atoms with Gasteiger partial charge in [0.25, 0.3) is 0 Å². The summed E-state index contributed by atoms with van der Waals surface area (Å²) in [6.45, 7) is 1.29. The molecule has 1 atom stereocenters. The van der Waals surface area contributed by atoms with Gasteiger partial charge in [-0.2, -0.15) is 0 Å². The zero-order valence-corrected chi connectivity index (χ0v) is 7.27. The maximum absolute atomic E-state index is 13.1. The summed E-state index contributed by atoms with van der Waals surface area (Å²) >= 11 is 5.48. The van der Waals surface area contributed by atoms with Crippen molar-refractivity contribution in [3.8, 4) is 0 Å².